The quantitative estimate of drug-likeness (QED) is 0.860. The fourth-order valence-electron chi connectivity index (χ4n) is 1.95. The number of hydrogen-bond acceptors (Lipinski definition) is 4. The number of carbonyl (C=O) groups excluding carboxylic acids is 1. The van der Waals surface area contributed by atoms with Crippen LogP contribution in [0.3, 0.4) is 0 Å². The summed E-state index contributed by atoms with van der Waals surface area (Å²) in [6.45, 7) is 6.85. The molecule has 0 atom stereocenters. The van der Waals surface area contributed by atoms with Crippen LogP contribution >= 0.6 is 11.8 Å². The maximum atomic E-state index is 11.9. The lowest BCUT2D eigenvalue weighted by Crippen LogP contribution is -2.14. The van der Waals surface area contributed by atoms with Gasteiger partial charge in [0.15, 0.2) is 5.16 Å². The van der Waals surface area contributed by atoms with E-state index >= 15 is 0 Å². The second-order valence-corrected chi connectivity index (χ2v) is 5.56. The van der Waals surface area contributed by atoms with Gasteiger partial charge in [0, 0.05) is 12.2 Å². The normalized spacial score (nSPS) is 10.6. The van der Waals surface area contributed by atoms with Gasteiger partial charge >= 0.3 is 0 Å². The van der Waals surface area contributed by atoms with Crippen molar-refractivity contribution in [1.29, 1.82) is 0 Å². The number of amides is 1. The molecule has 106 valence electrons. The van der Waals surface area contributed by atoms with E-state index in [-0.39, 0.29) is 5.91 Å². The number of benzene rings is 1. The predicted octanol–water partition coefficient (Wildman–Crippen LogP) is 2.65. The molecular formula is C14H18N4OS. The van der Waals surface area contributed by atoms with Crippen LogP contribution in [0.4, 0.5) is 5.69 Å². The molecule has 6 heteroatoms. The summed E-state index contributed by atoms with van der Waals surface area (Å²) in [5.41, 5.74) is 3.11. The van der Waals surface area contributed by atoms with Crippen LogP contribution in [-0.2, 0) is 11.3 Å². The summed E-state index contributed by atoms with van der Waals surface area (Å²) in [5.74, 6) is 0.289. The Bertz CT molecular complexity index is 589. The van der Waals surface area contributed by atoms with Crippen LogP contribution in [0.2, 0.25) is 0 Å². The van der Waals surface area contributed by atoms with Gasteiger partial charge in [-0.05, 0) is 44.0 Å². The topological polar surface area (TPSA) is 59.8 Å². The number of thioether (sulfide) groups is 1. The molecule has 1 aromatic heterocycles. The van der Waals surface area contributed by atoms with Gasteiger partial charge in [-0.15, -0.1) is 10.2 Å². The Hall–Kier alpha value is -1.82. The second-order valence-electron chi connectivity index (χ2n) is 4.61. The van der Waals surface area contributed by atoms with Crippen LogP contribution < -0.4 is 5.32 Å². The van der Waals surface area contributed by atoms with Crippen molar-refractivity contribution in [3.05, 3.63) is 35.7 Å². The smallest absolute Gasteiger partial charge is 0.234 e. The Balaban J connectivity index is 1.92. The van der Waals surface area contributed by atoms with E-state index in [1.54, 1.807) is 6.33 Å². The SMILES string of the molecule is CCn1cnnc1SCC(=O)Nc1cc(C)cc(C)c1. The zero-order valence-electron chi connectivity index (χ0n) is 11.9. The first-order valence-electron chi connectivity index (χ1n) is 6.47. The lowest BCUT2D eigenvalue weighted by Gasteiger charge is -2.07. The highest BCUT2D eigenvalue weighted by Gasteiger charge is 2.08. The Kier molecular flexibility index (Phi) is 4.79. The standard InChI is InChI=1S/C14H18N4OS/c1-4-18-9-15-17-14(18)20-8-13(19)16-12-6-10(2)5-11(3)7-12/h5-7,9H,4,8H2,1-3H3,(H,16,19). The number of nitrogens with zero attached hydrogens (tertiary/aromatic N) is 3. The molecule has 0 aliphatic heterocycles. The van der Waals surface area contributed by atoms with Gasteiger partial charge in [-0.25, -0.2) is 0 Å². The zero-order valence-corrected chi connectivity index (χ0v) is 12.7. The Morgan fingerprint density at radius 2 is 2.00 bits per heavy atom. The Morgan fingerprint density at radius 1 is 1.30 bits per heavy atom. The van der Waals surface area contributed by atoms with E-state index in [0.717, 1.165) is 28.5 Å². The van der Waals surface area contributed by atoms with Gasteiger partial charge in [-0.2, -0.15) is 0 Å². The molecule has 0 unspecified atom stereocenters. The maximum absolute atomic E-state index is 11.9. The summed E-state index contributed by atoms with van der Waals surface area (Å²) in [4.78, 5) is 11.9. The van der Waals surface area contributed by atoms with Gasteiger partial charge in [0.25, 0.3) is 0 Å². The first kappa shape index (κ1) is 14.6. The summed E-state index contributed by atoms with van der Waals surface area (Å²) < 4.78 is 1.91. The summed E-state index contributed by atoms with van der Waals surface area (Å²) >= 11 is 1.39. The molecule has 0 radical (unpaired) electrons. The van der Waals surface area contributed by atoms with E-state index in [9.17, 15) is 4.79 Å². The Labute approximate surface area is 122 Å². The molecule has 0 aliphatic carbocycles. The fourth-order valence-corrected chi connectivity index (χ4v) is 2.73. The van der Waals surface area contributed by atoms with Gasteiger partial charge in [-0.3, -0.25) is 4.79 Å². The van der Waals surface area contributed by atoms with Crippen LogP contribution in [0.15, 0.2) is 29.7 Å². The molecule has 0 saturated heterocycles. The van der Waals surface area contributed by atoms with E-state index in [2.05, 4.69) is 21.6 Å². The molecule has 1 N–H and O–H groups in total. The van der Waals surface area contributed by atoms with Gasteiger partial charge in [0.2, 0.25) is 5.91 Å². The number of aryl methyl sites for hydroxylation is 3. The van der Waals surface area contributed by atoms with Crippen molar-refractivity contribution >= 4 is 23.4 Å². The van der Waals surface area contributed by atoms with E-state index in [1.165, 1.54) is 11.8 Å². The number of hydrogen-bond donors (Lipinski definition) is 1. The molecule has 0 fully saturated rings. The van der Waals surface area contributed by atoms with Crippen LogP contribution in [0.5, 0.6) is 0 Å². The minimum absolute atomic E-state index is 0.0364. The molecule has 0 bridgehead atoms. The molecule has 0 aliphatic rings. The van der Waals surface area contributed by atoms with Crippen LogP contribution in [-0.4, -0.2) is 26.4 Å². The van der Waals surface area contributed by atoms with Gasteiger partial charge < -0.3 is 9.88 Å². The molecule has 20 heavy (non-hydrogen) atoms. The van der Waals surface area contributed by atoms with Crippen molar-refractivity contribution in [3.63, 3.8) is 0 Å². The van der Waals surface area contributed by atoms with E-state index in [0.29, 0.717) is 5.75 Å². The minimum Gasteiger partial charge on any atom is -0.325 e. The summed E-state index contributed by atoms with van der Waals surface area (Å²) in [6, 6.07) is 6.00. The summed E-state index contributed by atoms with van der Waals surface area (Å²) in [7, 11) is 0. The largest absolute Gasteiger partial charge is 0.325 e. The van der Waals surface area contributed by atoms with E-state index in [1.807, 2.05) is 37.5 Å². The van der Waals surface area contributed by atoms with Crippen molar-refractivity contribution < 1.29 is 4.79 Å². The van der Waals surface area contributed by atoms with Crippen molar-refractivity contribution in [2.24, 2.45) is 0 Å². The monoisotopic (exact) mass is 290 g/mol. The van der Waals surface area contributed by atoms with E-state index in [4.69, 9.17) is 0 Å². The lowest BCUT2D eigenvalue weighted by molar-refractivity contribution is -0.113. The molecule has 1 heterocycles. The molecule has 1 amide bonds. The molecule has 5 nitrogen and oxygen atoms in total. The van der Waals surface area contributed by atoms with Crippen molar-refractivity contribution in [1.82, 2.24) is 14.8 Å². The first-order valence-corrected chi connectivity index (χ1v) is 7.46. The number of nitrogens with one attached hydrogen (secondary N) is 1. The van der Waals surface area contributed by atoms with Gasteiger partial charge in [0.1, 0.15) is 6.33 Å². The molecule has 1 aromatic carbocycles. The van der Waals surface area contributed by atoms with Crippen molar-refractivity contribution in [2.45, 2.75) is 32.5 Å². The van der Waals surface area contributed by atoms with Crippen LogP contribution in [0.1, 0.15) is 18.1 Å². The average Bonchev–Trinajstić information content (AvgIpc) is 2.82. The fraction of sp³-hybridized carbons (Fsp3) is 0.357. The molecule has 0 spiro atoms. The number of carbonyl (C=O) groups is 1. The zero-order chi connectivity index (χ0) is 14.5. The summed E-state index contributed by atoms with van der Waals surface area (Å²) in [6.07, 6.45) is 1.67. The molecule has 2 rings (SSSR count). The van der Waals surface area contributed by atoms with E-state index < -0.39 is 0 Å². The second kappa shape index (κ2) is 6.56. The highest BCUT2D eigenvalue weighted by atomic mass is 32.2. The number of rotatable bonds is 5. The number of aromatic nitrogens is 3. The maximum Gasteiger partial charge on any atom is 0.234 e. The average molecular weight is 290 g/mol. The molecule has 2 aromatic rings. The first-order chi connectivity index (χ1) is 9.58. The van der Waals surface area contributed by atoms with Crippen molar-refractivity contribution in [2.75, 3.05) is 11.1 Å². The van der Waals surface area contributed by atoms with Crippen LogP contribution in [0, 0.1) is 13.8 Å². The summed E-state index contributed by atoms with van der Waals surface area (Å²) in [5, 5.41) is 11.5. The lowest BCUT2D eigenvalue weighted by atomic mass is 10.1. The van der Waals surface area contributed by atoms with Crippen LogP contribution in [0.25, 0.3) is 0 Å². The molecule has 0 saturated carbocycles. The predicted molar refractivity (Wildman–Crippen MR) is 81.0 cm³/mol. The minimum atomic E-state index is -0.0364. The van der Waals surface area contributed by atoms with Gasteiger partial charge in [0.05, 0.1) is 5.75 Å². The third-order valence-corrected chi connectivity index (χ3v) is 3.74. The highest BCUT2D eigenvalue weighted by molar-refractivity contribution is 7.99. The third-order valence-electron chi connectivity index (χ3n) is 2.76. The molecular weight excluding hydrogens is 272 g/mol. The highest BCUT2D eigenvalue weighted by Crippen LogP contribution is 2.17. The number of anilines is 1. The van der Waals surface area contributed by atoms with Gasteiger partial charge in [-0.1, -0.05) is 17.8 Å². The van der Waals surface area contributed by atoms with Crippen molar-refractivity contribution in [3.8, 4) is 0 Å². The Morgan fingerprint density at radius 3 is 2.65 bits per heavy atom. The third kappa shape index (κ3) is 3.84.